The van der Waals surface area contributed by atoms with E-state index in [1.54, 1.807) is 14.2 Å². The summed E-state index contributed by atoms with van der Waals surface area (Å²) in [4.78, 5) is 0. The highest BCUT2D eigenvalue weighted by Gasteiger charge is 2.53. The predicted octanol–water partition coefficient (Wildman–Crippen LogP) is 3.45. The Morgan fingerprint density at radius 1 is 1.00 bits per heavy atom. The van der Waals surface area contributed by atoms with Crippen molar-refractivity contribution in [1.29, 1.82) is 0 Å². The van der Waals surface area contributed by atoms with E-state index < -0.39 is 0 Å². The maximum absolute atomic E-state index is 6.28. The number of ether oxygens (including phenoxy) is 3. The lowest BCUT2D eigenvalue weighted by atomic mass is 9.45. The molecule has 3 saturated carbocycles. The Morgan fingerprint density at radius 2 is 1.70 bits per heavy atom. The molecule has 4 fully saturated rings. The molecule has 3 atom stereocenters. The molecule has 0 amide bonds. The summed E-state index contributed by atoms with van der Waals surface area (Å²) in [7, 11) is 3.41. The Bertz CT molecular complexity index is 777. The van der Waals surface area contributed by atoms with Gasteiger partial charge < -0.3 is 35.7 Å². The van der Waals surface area contributed by atoms with Crippen molar-refractivity contribution in [3.05, 3.63) is 22.2 Å². The molecule has 0 radical (unpaired) electrons. The second-order valence-corrected chi connectivity index (χ2v) is 12.0. The summed E-state index contributed by atoms with van der Waals surface area (Å²) in [6.45, 7) is 11.4. The Morgan fingerprint density at radius 3 is 2.33 bits per heavy atom. The highest BCUT2D eigenvalue weighted by molar-refractivity contribution is 9.10. The third-order valence-corrected chi connectivity index (χ3v) is 9.91. The molecule has 33 heavy (non-hydrogen) atoms. The van der Waals surface area contributed by atoms with Crippen LogP contribution in [0.4, 0.5) is 0 Å². The lowest BCUT2D eigenvalue weighted by Crippen LogP contribution is -3.00. The maximum Gasteiger partial charge on any atom is 0.161 e. The van der Waals surface area contributed by atoms with E-state index in [2.05, 4.69) is 35.8 Å². The third kappa shape index (κ3) is 5.92. The number of likely N-dealkylation sites (tertiary alicyclic amines) is 1. The molecule has 1 aromatic carbocycles. The minimum atomic E-state index is 0. The normalized spacial score (nSPS) is 27.2. The van der Waals surface area contributed by atoms with Crippen LogP contribution in [0.1, 0.15) is 64.4 Å². The summed E-state index contributed by atoms with van der Waals surface area (Å²) in [5.41, 5.74) is 1.88. The monoisotopic (exact) mass is 587 g/mol. The molecule has 4 aliphatic rings. The lowest BCUT2D eigenvalue weighted by Gasteiger charge is -2.60. The second kappa shape index (κ2) is 11.6. The second-order valence-electron chi connectivity index (χ2n) is 11.1. The molecule has 0 aromatic heterocycles. The Kier molecular flexibility index (Phi) is 9.61. The fourth-order valence-electron chi connectivity index (χ4n) is 6.93. The molecule has 3 aliphatic carbocycles. The summed E-state index contributed by atoms with van der Waals surface area (Å²) < 4.78 is 19.6. The number of hydrogen-bond acceptors (Lipinski definition) is 3. The molecule has 1 saturated heterocycles. The number of benzene rings is 1. The van der Waals surface area contributed by atoms with Crippen LogP contribution in [-0.4, -0.2) is 51.6 Å². The highest BCUT2D eigenvalue weighted by Crippen LogP contribution is 2.61. The zero-order chi connectivity index (χ0) is 22.8. The molecule has 0 spiro atoms. The van der Waals surface area contributed by atoms with E-state index >= 15 is 0 Å². The number of quaternary nitrogens is 1. The number of rotatable bonds is 10. The van der Waals surface area contributed by atoms with Gasteiger partial charge in [0.15, 0.2) is 11.5 Å². The summed E-state index contributed by atoms with van der Waals surface area (Å²) in [6.07, 6.45) is 9.56. The van der Waals surface area contributed by atoms with E-state index in [1.165, 1.54) is 63.6 Å². The third-order valence-electron chi connectivity index (χ3n) is 9.17. The number of piperidine rings is 1. The topological polar surface area (TPSA) is 27.7 Å². The van der Waals surface area contributed by atoms with Gasteiger partial charge in [0.05, 0.1) is 33.9 Å². The van der Waals surface area contributed by atoms with Gasteiger partial charge in [0.2, 0.25) is 0 Å². The molecule has 188 valence electrons. The van der Waals surface area contributed by atoms with E-state index in [0.717, 1.165) is 64.5 Å². The number of nitrogens with zero attached hydrogens (tertiary/aromatic N) is 1. The molecule has 4 nitrogen and oxygen atoms in total. The SMILES string of the molecule is COc1cc(Br)c(C[N+]2(CCOCCC3CCC4CC3C4(C)C)CCCCC2)cc1OC.[Br-]. The summed E-state index contributed by atoms with van der Waals surface area (Å²) in [6, 6.07) is 4.19. The minimum absolute atomic E-state index is 0. The van der Waals surface area contributed by atoms with Crippen LogP contribution in [0, 0.1) is 23.2 Å². The van der Waals surface area contributed by atoms with E-state index in [9.17, 15) is 0 Å². The number of methoxy groups -OCH3 is 2. The first kappa shape index (κ1) is 27.3. The molecule has 1 heterocycles. The van der Waals surface area contributed by atoms with Crippen molar-refractivity contribution in [3.63, 3.8) is 0 Å². The first-order chi connectivity index (χ1) is 15.4. The molecule has 2 bridgehead atoms. The first-order valence-corrected chi connectivity index (χ1v) is 13.5. The Labute approximate surface area is 220 Å². The van der Waals surface area contributed by atoms with Gasteiger partial charge >= 0.3 is 0 Å². The van der Waals surface area contributed by atoms with Gasteiger partial charge in [-0.05, 0) is 80.2 Å². The van der Waals surface area contributed by atoms with Crippen molar-refractivity contribution < 1.29 is 35.7 Å². The van der Waals surface area contributed by atoms with Crippen LogP contribution in [0.3, 0.4) is 0 Å². The number of halogens is 2. The predicted molar refractivity (Wildman–Crippen MR) is 133 cm³/mol. The van der Waals surface area contributed by atoms with Gasteiger partial charge in [0.1, 0.15) is 13.1 Å². The van der Waals surface area contributed by atoms with Crippen LogP contribution >= 0.6 is 15.9 Å². The minimum Gasteiger partial charge on any atom is -1.00 e. The van der Waals surface area contributed by atoms with E-state index in [4.69, 9.17) is 14.2 Å². The smallest absolute Gasteiger partial charge is 0.161 e. The Balaban J connectivity index is 0.00000306. The maximum atomic E-state index is 6.28. The van der Waals surface area contributed by atoms with Crippen molar-refractivity contribution in [2.75, 3.05) is 47.1 Å². The fourth-order valence-corrected chi connectivity index (χ4v) is 7.37. The lowest BCUT2D eigenvalue weighted by molar-refractivity contribution is -0.945. The first-order valence-electron chi connectivity index (χ1n) is 12.7. The Hall–Kier alpha value is -0.300. The van der Waals surface area contributed by atoms with Gasteiger partial charge in [0.25, 0.3) is 0 Å². The largest absolute Gasteiger partial charge is 1.00 e. The summed E-state index contributed by atoms with van der Waals surface area (Å²) in [5, 5.41) is 0. The molecule has 1 aromatic rings. The summed E-state index contributed by atoms with van der Waals surface area (Å²) in [5.74, 6) is 4.40. The number of fused-ring (bicyclic) bond motifs is 2. The average molecular weight is 589 g/mol. The zero-order valence-corrected chi connectivity index (χ0v) is 24.2. The quantitative estimate of drug-likeness (QED) is 0.309. The highest BCUT2D eigenvalue weighted by atomic mass is 79.9. The van der Waals surface area contributed by atoms with Crippen LogP contribution in [0.25, 0.3) is 0 Å². The van der Waals surface area contributed by atoms with Gasteiger partial charge in [-0.25, -0.2) is 0 Å². The molecule has 1 aliphatic heterocycles. The van der Waals surface area contributed by atoms with Crippen LogP contribution in [0.2, 0.25) is 0 Å². The van der Waals surface area contributed by atoms with Crippen LogP contribution in [0.15, 0.2) is 16.6 Å². The molecule has 5 rings (SSSR count). The van der Waals surface area contributed by atoms with Gasteiger partial charge in [-0.15, -0.1) is 0 Å². The zero-order valence-electron chi connectivity index (χ0n) is 21.0. The molecule has 0 N–H and O–H groups in total. The van der Waals surface area contributed by atoms with Crippen molar-refractivity contribution in [2.24, 2.45) is 23.2 Å². The summed E-state index contributed by atoms with van der Waals surface area (Å²) >= 11 is 3.78. The average Bonchev–Trinajstić information content (AvgIpc) is 2.80. The molecule has 6 heteroatoms. The van der Waals surface area contributed by atoms with Crippen molar-refractivity contribution >= 4 is 15.9 Å². The van der Waals surface area contributed by atoms with Crippen LogP contribution < -0.4 is 26.5 Å². The van der Waals surface area contributed by atoms with Crippen molar-refractivity contribution in [1.82, 2.24) is 0 Å². The van der Waals surface area contributed by atoms with Gasteiger partial charge in [0, 0.05) is 16.6 Å². The van der Waals surface area contributed by atoms with Crippen LogP contribution in [0.5, 0.6) is 11.5 Å². The molecule has 3 unspecified atom stereocenters. The van der Waals surface area contributed by atoms with E-state index in [1.807, 2.05) is 6.07 Å². The fraction of sp³-hybridized carbons (Fsp3) is 0.778. The van der Waals surface area contributed by atoms with Gasteiger partial charge in [-0.3, -0.25) is 0 Å². The van der Waals surface area contributed by atoms with Crippen molar-refractivity contribution in [2.45, 2.75) is 65.3 Å². The van der Waals surface area contributed by atoms with E-state index in [-0.39, 0.29) is 17.0 Å². The number of hydrogen-bond donors (Lipinski definition) is 0. The van der Waals surface area contributed by atoms with Gasteiger partial charge in [-0.1, -0.05) is 29.8 Å². The molecular weight excluding hydrogens is 546 g/mol. The van der Waals surface area contributed by atoms with Crippen LogP contribution in [-0.2, 0) is 11.3 Å². The molecular formula is C27H43Br2NO3. The van der Waals surface area contributed by atoms with E-state index in [0.29, 0.717) is 5.41 Å². The standard InChI is InChI=1S/C27H43BrNO3.BrH/c1-27(2)22-9-8-20(23(27)17-22)10-14-32-15-13-29(11-6-5-7-12-29)19-21-16-25(30-3)26(31-4)18-24(21)28;/h16,18,20,22-23H,5-15,17,19H2,1-4H3;1H/q+1;/p-1. The van der Waals surface area contributed by atoms with Gasteiger partial charge in [-0.2, -0.15) is 0 Å². The van der Waals surface area contributed by atoms with Crippen molar-refractivity contribution in [3.8, 4) is 11.5 Å².